The van der Waals surface area contributed by atoms with Gasteiger partial charge >= 0.3 is 5.97 Å². The number of para-hydroxylation sites is 2. The fraction of sp³-hybridized carbons (Fsp3) is 0.222. The molecule has 0 aromatic heterocycles. The quantitative estimate of drug-likeness (QED) is 0.862. The van der Waals surface area contributed by atoms with Gasteiger partial charge in [-0.1, -0.05) is 30.3 Å². The highest BCUT2D eigenvalue weighted by atomic mass is 16.5. The van der Waals surface area contributed by atoms with Crippen molar-refractivity contribution in [1.82, 2.24) is 0 Å². The molecule has 5 heteroatoms. The van der Waals surface area contributed by atoms with Crippen LogP contribution < -0.4 is 4.90 Å². The van der Waals surface area contributed by atoms with E-state index in [1.54, 1.807) is 19.1 Å². The number of phenolic OH excluding ortho intramolecular Hbond substituents is 1. The van der Waals surface area contributed by atoms with Gasteiger partial charge in [-0.2, -0.15) is 0 Å². The van der Waals surface area contributed by atoms with E-state index in [1.165, 1.54) is 11.0 Å². The van der Waals surface area contributed by atoms with Gasteiger partial charge in [0.15, 0.2) is 6.61 Å². The molecule has 2 aromatic rings. The van der Waals surface area contributed by atoms with E-state index in [4.69, 9.17) is 4.74 Å². The van der Waals surface area contributed by atoms with Crippen LogP contribution in [0.25, 0.3) is 0 Å². The minimum absolute atomic E-state index is 0.0561. The number of hydrogen-bond donors (Lipinski definition) is 1. The third-order valence-corrected chi connectivity index (χ3v) is 3.47. The first kappa shape index (κ1) is 16.5. The van der Waals surface area contributed by atoms with E-state index in [-0.39, 0.29) is 23.8 Å². The van der Waals surface area contributed by atoms with Gasteiger partial charge in [-0.3, -0.25) is 4.79 Å². The molecule has 0 radical (unpaired) electrons. The summed E-state index contributed by atoms with van der Waals surface area (Å²) in [5.41, 5.74) is 1.38. The number of likely N-dealkylation sites (N-methyl/N-ethyl adjacent to an activating group) is 1. The van der Waals surface area contributed by atoms with E-state index in [0.29, 0.717) is 12.1 Å². The van der Waals surface area contributed by atoms with Gasteiger partial charge in [0.2, 0.25) is 0 Å². The third kappa shape index (κ3) is 3.88. The number of ether oxygens (including phenoxy) is 1. The van der Waals surface area contributed by atoms with E-state index in [1.807, 2.05) is 37.3 Å². The Bertz CT molecular complexity index is 697. The molecule has 1 amide bonds. The number of carbonyl (C=O) groups is 2. The van der Waals surface area contributed by atoms with Gasteiger partial charge in [-0.15, -0.1) is 0 Å². The Kier molecular flexibility index (Phi) is 5.36. The Labute approximate surface area is 135 Å². The van der Waals surface area contributed by atoms with E-state index in [2.05, 4.69) is 0 Å². The molecule has 0 fully saturated rings. The number of anilines is 1. The van der Waals surface area contributed by atoms with E-state index in [0.717, 1.165) is 5.69 Å². The van der Waals surface area contributed by atoms with Crippen LogP contribution in [0.1, 0.15) is 22.8 Å². The van der Waals surface area contributed by atoms with Gasteiger partial charge in [-0.05, 0) is 37.6 Å². The van der Waals surface area contributed by atoms with Crippen molar-refractivity contribution in [3.05, 3.63) is 59.7 Å². The molecule has 0 spiro atoms. The lowest BCUT2D eigenvalue weighted by Gasteiger charge is -2.20. The van der Waals surface area contributed by atoms with Crippen molar-refractivity contribution >= 4 is 17.6 Å². The molecule has 0 bridgehead atoms. The lowest BCUT2D eigenvalue weighted by molar-refractivity contribution is -0.121. The van der Waals surface area contributed by atoms with Crippen molar-refractivity contribution in [1.29, 1.82) is 0 Å². The summed E-state index contributed by atoms with van der Waals surface area (Å²) < 4.78 is 5.04. The number of benzene rings is 2. The lowest BCUT2D eigenvalue weighted by Crippen LogP contribution is -2.34. The smallest absolute Gasteiger partial charge is 0.342 e. The fourth-order valence-corrected chi connectivity index (χ4v) is 2.22. The van der Waals surface area contributed by atoms with Crippen molar-refractivity contribution < 1.29 is 19.4 Å². The van der Waals surface area contributed by atoms with E-state index >= 15 is 0 Å². The zero-order valence-corrected chi connectivity index (χ0v) is 13.2. The number of hydrogen-bond acceptors (Lipinski definition) is 4. The predicted octanol–water partition coefficient (Wildman–Crippen LogP) is 2.91. The van der Waals surface area contributed by atoms with Crippen LogP contribution in [0.5, 0.6) is 5.75 Å². The second kappa shape index (κ2) is 7.45. The highest BCUT2D eigenvalue weighted by Crippen LogP contribution is 2.22. The molecule has 0 aliphatic heterocycles. The number of phenols is 1. The lowest BCUT2D eigenvalue weighted by atomic mass is 10.1. The van der Waals surface area contributed by atoms with Gasteiger partial charge in [0.05, 0.1) is 0 Å². The van der Waals surface area contributed by atoms with Crippen LogP contribution in [-0.2, 0) is 9.53 Å². The highest BCUT2D eigenvalue weighted by molar-refractivity contribution is 5.98. The van der Waals surface area contributed by atoms with Crippen LogP contribution in [0.3, 0.4) is 0 Å². The Morgan fingerprint density at radius 1 is 1.09 bits per heavy atom. The molecule has 0 saturated carbocycles. The molecule has 1 N–H and O–H groups in total. The SMILES string of the molecule is CCN(C(=O)COC(=O)c1cccc(C)c1O)c1ccccc1. The van der Waals surface area contributed by atoms with Crippen LogP contribution in [0, 0.1) is 6.92 Å². The summed E-state index contributed by atoms with van der Waals surface area (Å²) in [6.45, 7) is 3.62. The van der Waals surface area contributed by atoms with Crippen molar-refractivity contribution in [2.45, 2.75) is 13.8 Å². The van der Waals surface area contributed by atoms with Crippen LogP contribution in [-0.4, -0.2) is 30.1 Å². The zero-order valence-electron chi connectivity index (χ0n) is 13.2. The van der Waals surface area contributed by atoms with Crippen LogP contribution in [0.4, 0.5) is 5.69 Å². The first-order chi connectivity index (χ1) is 11.0. The van der Waals surface area contributed by atoms with Crippen molar-refractivity contribution in [2.24, 2.45) is 0 Å². The van der Waals surface area contributed by atoms with Gasteiger partial charge < -0.3 is 14.7 Å². The fourth-order valence-electron chi connectivity index (χ4n) is 2.22. The minimum atomic E-state index is -0.719. The Hall–Kier alpha value is -2.82. The zero-order chi connectivity index (χ0) is 16.8. The number of carbonyl (C=O) groups excluding carboxylic acids is 2. The largest absolute Gasteiger partial charge is 0.507 e. The second-order valence-electron chi connectivity index (χ2n) is 5.02. The molecule has 0 saturated heterocycles. The molecule has 2 rings (SSSR count). The average molecular weight is 313 g/mol. The number of nitrogens with zero attached hydrogens (tertiary/aromatic N) is 1. The maximum atomic E-state index is 12.2. The Balaban J connectivity index is 2.03. The molecular formula is C18H19NO4. The van der Waals surface area contributed by atoms with Crippen molar-refractivity contribution in [3.63, 3.8) is 0 Å². The number of amides is 1. The summed E-state index contributed by atoms with van der Waals surface area (Å²) >= 11 is 0. The topological polar surface area (TPSA) is 66.8 Å². The predicted molar refractivity (Wildman–Crippen MR) is 87.6 cm³/mol. The van der Waals surface area contributed by atoms with Crippen molar-refractivity contribution in [2.75, 3.05) is 18.1 Å². The van der Waals surface area contributed by atoms with Gasteiger partial charge in [0, 0.05) is 12.2 Å². The summed E-state index contributed by atoms with van der Waals surface area (Å²) in [5.74, 6) is -1.16. The Morgan fingerprint density at radius 2 is 1.78 bits per heavy atom. The summed E-state index contributed by atoms with van der Waals surface area (Å²) in [6, 6.07) is 14.0. The molecule has 0 atom stereocenters. The molecule has 5 nitrogen and oxygen atoms in total. The third-order valence-electron chi connectivity index (χ3n) is 3.47. The van der Waals surface area contributed by atoms with Crippen LogP contribution in [0.2, 0.25) is 0 Å². The monoisotopic (exact) mass is 313 g/mol. The molecular weight excluding hydrogens is 294 g/mol. The summed E-state index contributed by atoms with van der Waals surface area (Å²) in [4.78, 5) is 25.8. The first-order valence-corrected chi connectivity index (χ1v) is 7.35. The summed E-state index contributed by atoms with van der Waals surface area (Å²) in [7, 11) is 0. The van der Waals surface area contributed by atoms with Crippen LogP contribution in [0.15, 0.2) is 48.5 Å². The normalized spacial score (nSPS) is 10.2. The molecule has 0 heterocycles. The van der Waals surface area contributed by atoms with Gasteiger partial charge in [-0.25, -0.2) is 4.79 Å². The maximum Gasteiger partial charge on any atom is 0.342 e. The van der Waals surface area contributed by atoms with Gasteiger partial charge in [0.25, 0.3) is 5.91 Å². The number of aryl methyl sites for hydroxylation is 1. The second-order valence-corrected chi connectivity index (χ2v) is 5.02. The van der Waals surface area contributed by atoms with Gasteiger partial charge in [0.1, 0.15) is 11.3 Å². The van der Waals surface area contributed by atoms with E-state index in [9.17, 15) is 14.7 Å². The number of rotatable bonds is 5. The molecule has 120 valence electrons. The molecule has 2 aromatic carbocycles. The number of esters is 1. The average Bonchev–Trinajstić information content (AvgIpc) is 2.57. The summed E-state index contributed by atoms with van der Waals surface area (Å²) in [5, 5.41) is 9.87. The minimum Gasteiger partial charge on any atom is -0.507 e. The number of aromatic hydroxyl groups is 1. The molecule has 23 heavy (non-hydrogen) atoms. The first-order valence-electron chi connectivity index (χ1n) is 7.35. The van der Waals surface area contributed by atoms with Crippen molar-refractivity contribution in [3.8, 4) is 5.75 Å². The maximum absolute atomic E-state index is 12.2. The molecule has 0 unspecified atom stereocenters. The summed E-state index contributed by atoms with van der Waals surface area (Å²) in [6.07, 6.45) is 0. The van der Waals surface area contributed by atoms with E-state index < -0.39 is 5.97 Å². The Morgan fingerprint density at radius 3 is 2.43 bits per heavy atom. The molecule has 0 aliphatic carbocycles. The molecule has 0 aliphatic rings. The van der Waals surface area contributed by atoms with Crippen LogP contribution >= 0.6 is 0 Å². The highest BCUT2D eigenvalue weighted by Gasteiger charge is 2.18. The standard InChI is InChI=1S/C18H19NO4/c1-3-19(14-9-5-4-6-10-14)16(20)12-23-18(22)15-11-7-8-13(2)17(15)21/h4-11,21H,3,12H2,1-2H3.